The molecule has 13 heteroatoms. The molecule has 1 aliphatic heterocycles. The molecule has 12 nitrogen and oxygen atoms in total. The Hall–Kier alpha value is -4.52. The van der Waals surface area contributed by atoms with Crippen LogP contribution in [0, 0.1) is 5.41 Å². The summed E-state index contributed by atoms with van der Waals surface area (Å²) < 4.78 is 43.1. The van der Waals surface area contributed by atoms with Gasteiger partial charge in [-0.1, -0.05) is 75.4 Å². The van der Waals surface area contributed by atoms with Gasteiger partial charge in [0.25, 0.3) is 5.91 Å². The fourth-order valence-corrected chi connectivity index (χ4v) is 6.35. The van der Waals surface area contributed by atoms with Crippen molar-refractivity contribution >= 4 is 29.9 Å². The SMILES string of the molecule is C[C@@H](OC(=O)[C@H](CC(C)(C)C)N(C)C(=O)[C@@H](Cc1ccc(C2CCOCC2)cc1)OC(=O)[C@H](CC(C)(C)F)N(C)C(=O)OC(C)(C)C)C(=O)OCc1ccccc1. The summed E-state index contributed by atoms with van der Waals surface area (Å²) in [6, 6.07) is 14.0. The predicted molar refractivity (Wildman–Crippen MR) is 213 cm³/mol. The number of hydrogen-bond donors (Lipinski definition) is 0. The fourth-order valence-electron chi connectivity index (χ4n) is 6.35. The van der Waals surface area contributed by atoms with Crippen LogP contribution in [0.1, 0.15) is 111 Å². The van der Waals surface area contributed by atoms with E-state index in [1.807, 2.05) is 63.2 Å². The highest BCUT2D eigenvalue weighted by Crippen LogP contribution is 2.29. The largest absolute Gasteiger partial charge is 0.458 e. The van der Waals surface area contributed by atoms with Gasteiger partial charge in [-0.25, -0.2) is 23.6 Å². The Morgan fingerprint density at radius 2 is 1.32 bits per heavy atom. The standard InChI is InChI=1S/C44H63FN2O10/c1-29(38(49)54-28-31-15-13-12-14-16-31)55-39(50)34(26-42(2,3)4)46(10)37(48)36(25-30-17-19-32(20-18-30)33-21-23-53-24-22-33)56-40(51)35(27-44(8,9)45)47(11)41(52)57-43(5,6)7/h12-20,29,33-36H,21-28H2,1-11H3/t29-,34+,35+,36-/m1/s1. The van der Waals surface area contributed by atoms with Crippen molar-refractivity contribution in [3.8, 4) is 0 Å². The number of halogens is 1. The van der Waals surface area contributed by atoms with Crippen LogP contribution in [0.15, 0.2) is 54.6 Å². The molecule has 0 spiro atoms. The number of nitrogens with zero attached hydrogens (tertiary/aromatic N) is 2. The summed E-state index contributed by atoms with van der Waals surface area (Å²) in [5.74, 6) is -3.05. The molecule has 57 heavy (non-hydrogen) atoms. The van der Waals surface area contributed by atoms with Crippen molar-refractivity contribution in [1.29, 1.82) is 0 Å². The summed E-state index contributed by atoms with van der Waals surface area (Å²) in [6.07, 6.45) is -2.31. The molecule has 4 atom stereocenters. The van der Waals surface area contributed by atoms with Crippen LogP contribution >= 0.6 is 0 Å². The molecule has 0 aromatic heterocycles. The quantitative estimate of drug-likeness (QED) is 0.125. The molecule has 3 rings (SSSR count). The molecule has 0 N–H and O–H groups in total. The minimum atomic E-state index is -1.92. The maximum atomic E-state index is 15.2. The molecule has 0 saturated carbocycles. The number of alkyl halides is 1. The normalized spacial score (nSPS) is 16.0. The van der Waals surface area contributed by atoms with Crippen LogP contribution in [0.3, 0.4) is 0 Å². The monoisotopic (exact) mass is 798 g/mol. The number of likely N-dealkylation sites (N-methyl/N-ethyl adjacent to an activating group) is 2. The number of ether oxygens (including phenoxy) is 5. The van der Waals surface area contributed by atoms with Crippen LogP contribution in [-0.4, -0.2) is 103 Å². The number of rotatable bonds is 16. The number of carbonyl (C=O) groups is 5. The van der Waals surface area contributed by atoms with Crippen molar-refractivity contribution in [3.63, 3.8) is 0 Å². The molecule has 0 bridgehead atoms. The second-order valence-electron chi connectivity index (χ2n) is 17.7. The maximum absolute atomic E-state index is 15.2. The van der Waals surface area contributed by atoms with Crippen molar-refractivity contribution in [3.05, 3.63) is 71.3 Å². The van der Waals surface area contributed by atoms with Gasteiger partial charge in [0.15, 0.2) is 12.2 Å². The van der Waals surface area contributed by atoms with Crippen LogP contribution < -0.4 is 0 Å². The van der Waals surface area contributed by atoms with Gasteiger partial charge in [0, 0.05) is 40.2 Å². The van der Waals surface area contributed by atoms with E-state index in [0.29, 0.717) is 24.7 Å². The van der Waals surface area contributed by atoms with Gasteiger partial charge in [0.05, 0.1) is 0 Å². The van der Waals surface area contributed by atoms with Crippen LogP contribution in [0.4, 0.5) is 9.18 Å². The zero-order valence-electron chi connectivity index (χ0n) is 35.6. The van der Waals surface area contributed by atoms with E-state index < -0.39 is 77.3 Å². The van der Waals surface area contributed by atoms with Gasteiger partial charge in [-0.05, 0) is 88.8 Å². The first-order valence-corrected chi connectivity index (χ1v) is 19.6. The number of benzene rings is 2. The molecule has 1 heterocycles. The lowest BCUT2D eigenvalue weighted by Gasteiger charge is -2.35. The van der Waals surface area contributed by atoms with Gasteiger partial charge in [0.1, 0.15) is 30.0 Å². The first-order valence-electron chi connectivity index (χ1n) is 19.6. The van der Waals surface area contributed by atoms with Crippen LogP contribution in [-0.2, 0) is 55.9 Å². The molecule has 0 unspecified atom stereocenters. The molecular formula is C44H63FN2O10. The molecule has 1 aliphatic rings. The van der Waals surface area contributed by atoms with E-state index in [4.69, 9.17) is 23.7 Å². The van der Waals surface area contributed by atoms with E-state index in [-0.39, 0.29) is 19.4 Å². The molecule has 2 aromatic carbocycles. The van der Waals surface area contributed by atoms with Crippen molar-refractivity contribution in [1.82, 2.24) is 9.80 Å². The van der Waals surface area contributed by atoms with Gasteiger partial charge in [0.2, 0.25) is 0 Å². The number of carbonyl (C=O) groups excluding carboxylic acids is 5. The lowest BCUT2D eigenvalue weighted by molar-refractivity contribution is -0.174. The summed E-state index contributed by atoms with van der Waals surface area (Å²) in [4.78, 5) is 70.6. The second-order valence-corrected chi connectivity index (χ2v) is 17.7. The van der Waals surface area contributed by atoms with Crippen molar-refractivity contribution < 1.29 is 52.0 Å². The summed E-state index contributed by atoms with van der Waals surface area (Å²) in [5, 5.41) is 0. The Balaban J connectivity index is 1.94. The highest BCUT2D eigenvalue weighted by molar-refractivity contribution is 5.90. The van der Waals surface area contributed by atoms with Gasteiger partial charge in [-0.2, -0.15) is 0 Å². The zero-order valence-corrected chi connectivity index (χ0v) is 35.6. The van der Waals surface area contributed by atoms with E-state index in [1.54, 1.807) is 32.9 Å². The highest BCUT2D eigenvalue weighted by atomic mass is 19.1. The number of esters is 3. The lowest BCUT2D eigenvalue weighted by atomic mass is 9.87. The first-order chi connectivity index (χ1) is 26.4. The predicted octanol–water partition coefficient (Wildman–Crippen LogP) is 7.35. The fraction of sp³-hybridized carbons (Fsp3) is 0.614. The third-order valence-corrected chi connectivity index (χ3v) is 9.47. The van der Waals surface area contributed by atoms with E-state index in [0.717, 1.165) is 33.8 Å². The van der Waals surface area contributed by atoms with Gasteiger partial charge < -0.3 is 28.6 Å². The smallest absolute Gasteiger partial charge is 0.410 e. The number of hydrogen-bond acceptors (Lipinski definition) is 10. The third kappa shape index (κ3) is 15.7. The Morgan fingerprint density at radius 3 is 1.86 bits per heavy atom. The summed E-state index contributed by atoms with van der Waals surface area (Å²) >= 11 is 0. The molecule has 0 radical (unpaired) electrons. The molecule has 316 valence electrons. The molecule has 2 amide bonds. The Morgan fingerprint density at radius 1 is 0.754 bits per heavy atom. The molecule has 1 saturated heterocycles. The summed E-state index contributed by atoms with van der Waals surface area (Å²) in [6.45, 7) is 15.9. The van der Waals surface area contributed by atoms with Gasteiger partial charge in [-0.15, -0.1) is 0 Å². The molecular weight excluding hydrogens is 735 g/mol. The maximum Gasteiger partial charge on any atom is 0.410 e. The first kappa shape index (κ1) is 46.9. The molecule has 1 fully saturated rings. The minimum absolute atomic E-state index is 0.0157. The van der Waals surface area contributed by atoms with Gasteiger partial charge in [-0.3, -0.25) is 9.69 Å². The van der Waals surface area contributed by atoms with E-state index >= 15 is 4.39 Å². The van der Waals surface area contributed by atoms with E-state index in [1.165, 1.54) is 34.9 Å². The highest BCUT2D eigenvalue weighted by Gasteiger charge is 2.41. The zero-order chi connectivity index (χ0) is 42.7. The number of amides is 2. The Kier molecular flexibility index (Phi) is 16.7. The minimum Gasteiger partial charge on any atom is -0.458 e. The molecule has 2 aromatic rings. The van der Waals surface area contributed by atoms with Crippen LogP contribution in [0.25, 0.3) is 0 Å². The Labute approximate surface area is 337 Å². The van der Waals surface area contributed by atoms with Crippen molar-refractivity contribution in [2.45, 2.75) is 143 Å². The van der Waals surface area contributed by atoms with Crippen LogP contribution in [0.2, 0.25) is 0 Å². The Bertz CT molecular complexity index is 1640. The summed E-state index contributed by atoms with van der Waals surface area (Å²) in [5.41, 5.74) is -0.790. The van der Waals surface area contributed by atoms with E-state index in [2.05, 4.69) is 0 Å². The topological polar surface area (TPSA) is 138 Å². The average Bonchev–Trinajstić information content (AvgIpc) is 3.13. The average molecular weight is 799 g/mol. The summed E-state index contributed by atoms with van der Waals surface area (Å²) in [7, 11) is 2.72. The van der Waals surface area contributed by atoms with Crippen molar-refractivity contribution in [2.75, 3.05) is 27.3 Å². The second kappa shape index (κ2) is 20.3. The third-order valence-electron chi connectivity index (χ3n) is 9.47. The van der Waals surface area contributed by atoms with E-state index in [9.17, 15) is 24.0 Å². The lowest BCUT2D eigenvalue weighted by Crippen LogP contribution is -2.53. The van der Waals surface area contributed by atoms with Gasteiger partial charge >= 0.3 is 24.0 Å². The van der Waals surface area contributed by atoms with Crippen molar-refractivity contribution in [2.24, 2.45) is 5.41 Å². The van der Waals surface area contributed by atoms with Crippen LogP contribution in [0.5, 0.6) is 0 Å². The molecule has 0 aliphatic carbocycles.